The van der Waals surface area contributed by atoms with Gasteiger partial charge in [-0.05, 0) is 48.9 Å². The lowest BCUT2D eigenvalue weighted by Crippen LogP contribution is -2.12. The molecule has 0 saturated heterocycles. The fourth-order valence-corrected chi connectivity index (χ4v) is 2.56. The number of methoxy groups -OCH3 is 1. The van der Waals surface area contributed by atoms with Gasteiger partial charge in [0.2, 0.25) is 0 Å². The van der Waals surface area contributed by atoms with Crippen molar-refractivity contribution >= 4 is 17.6 Å². The standard InChI is InChI=1S/C21H21N3O4/c1-14-19(12-22-24(14)2)21(26)28-13-15-4-6-16(7-5-15)20(25)23-17-8-10-18(27-3)11-9-17/h4-12H,13H2,1-3H3,(H,23,25). The van der Waals surface area contributed by atoms with Crippen molar-refractivity contribution in [1.29, 1.82) is 0 Å². The first kappa shape index (κ1) is 19.2. The highest BCUT2D eigenvalue weighted by Crippen LogP contribution is 2.16. The Kier molecular flexibility index (Phi) is 5.74. The number of hydrogen-bond acceptors (Lipinski definition) is 5. The van der Waals surface area contributed by atoms with E-state index in [1.807, 2.05) is 0 Å². The number of amides is 1. The normalized spacial score (nSPS) is 10.4. The Bertz CT molecular complexity index is 976. The molecule has 0 atom stereocenters. The second-order valence-electron chi connectivity index (χ2n) is 6.22. The molecule has 7 nitrogen and oxygen atoms in total. The number of esters is 1. The summed E-state index contributed by atoms with van der Waals surface area (Å²) in [6, 6.07) is 14.0. The van der Waals surface area contributed by atoms with E-state index in [0.717, 1.165) is 17.0 Å². The van der Waals surface area contributed by atoms with E-state index in [4.69, 9.17) is 9.47 Å². The zero-order chi connectivity index (χ0) is 20.1. The average molecular weight is 379 g/mol. The molecule has 0 radical (unpaired) electrons. The first-order valence-corrected chi connectivity index (χ1v) is 8.68. The molecule has 0 unspecified atom stereocenters. The number of aryl methyl sites for hydroxylation is 1. The number of rotatable bonds is 6. The van der Waals surface area contributed by atoms with Crippen LogP contribution in [0.1, 0.15) is 32.0 Å². The van der Waals surface area contributed by atoms with Gasteiger partial charge in [-0.2, -0.15) is 5.10 Å². The molecule has 1 amide bonds. The first-order valence-electron chi connectivity index (χ1n) is 8.68. The minimum absolute atomic E-state index is 0.119. The van der Waals surface area contributed by atoms with E-state index < -0.39 is 5.97 Å². The Morgan fingerprint density at radius 1 is 1.07 bits per heavy atom. The monoisotopic (exact) mass is 379 g/mol. The Morgan fingerprint density at radius 2 is 1.75 bits per heavy atom. The third kappa shape index (κ3) is 4.37. The molecule has 0 saturated carbocycles. The second kappa shape index (κ2) is 8.39. The summed E-state index contributed by atoms with van der Waals surface area (Å²) in [5.41, 5.74) is 3.16. The van der Waals surface area contributed by atoms with Crippen LogP contribution in [0.2, 0.25) is 0 Å². The molecule has 0 bridgehead atoms. The van der Waals surface area contributed by atoms with Crippen molar-refractivity contribution in [3.63, 3.8) is 0 Å². The summed E-state index contributed by atoms with van der Waals surface area (Å²) >= 11 is 0. The number of carbonyl (C=O) groups is 2. The van der Waals surface area contributed by atoms with Crippen molar-refractivity contribution in [2.24, 2.45) is 7.05 Å². The van der Waals surface area contributed by atoms with Gasteiger partial charge in [0.05, 0.1) is 13.3 Å². The molecule has 1 N–H and O–H groups in total. The van der Waals surface area contributed by atoms with E-state index in [9.17, 15) is 9.59 Å². The number of nitrogens with one attached hydrogen (secondary N) is 1. The van der Waals surface area contributed by atoms with Gasteiger partial charge in [0.1, 0.15) is 17.9 Å². The molecule has 1 heterocycles. The summed E-state index contributed by atoms with van der Waals surface area (Å²) in [5.74, 6) is 0.0741. The van der Waals surface area contributed by atoms with Crippen LogP contribution in [0.5, 0.6) is 5.75 Å². The van der Waals surface area contributed by atoms with E-state index in [2.05, 4.69) is 10.4 Å². The molecule has 7 heteroatoms. The molecule has 3 rings (SSSR count). The number of aromatic nitrogens is 2. The summed E-state index contributed by atoms with van der Waals surface area (Å²) in [7, 11) is 3.35. The van der Waals surface area contributed by atoms with Crippen molar-refractivity contribution in [3.8, 4) is 5.75 Å². The van der Waals surface area contributed by atoms with Gasteiger partial charge in [0, 0.05) is 24.0 Å². The highest BCUT2D eigenvalue weighted by Gasteiger charge is 2.14. The number of carbonyl (C=O) groups excluding carboxylic acids is 2. The molecular formula is C21H21N3O4. The molecule has 0 aliphatic heterocycles. The van der Waals surface area contributed by atoms with Crippen LogP contribution in [-0.4, -0.2) is 28.8 Å². The molecule has 0 aliphatic rings. The van der Waals surface area contributed by atoms with Crippen molar-refractivity contribution < 1.29 is 19.1 Å². The maximum Gasteiger partial charge on any atom is 0.341 e. The topological polar surface area (TPSA) is 82.4 Å². The summed E-state index contributed by atoms with van der Waals surface area (Å²) in [4.78, 5) is 24.5. The minimum atomic E-state index is -0.424. The zero-order valence-corrected chi connectivity index (χ0v) is 15.9. The van der Waals surface area contributed by atoms with Crippen LogP contribution in [0.4, 0.5) is 5.69 Å². The second-order valence-corrected chi connectivity index (χ2v) is 6.22. The summed E-state index contributed by atoms with van der Waals surface area (Å²) in [5, 5.41) is 6.85. The molecule has 3 aromatic rings. The third-order valence-electron chi connectivity index (χ3n) is 4.39. The van der Waals surface area contributed by atoms with E-state index in [1.54, 1.807) is 74.3 Å². The summed E-state index contributed by atoms with van der Waals surface area (Å²) in [6.07, 6.45) is 1.49. The lowest BCUT2D eigenvalue weighted by Gasteiger charge is -2.08. The lowest BCUT2D eigenvalue weighted by molar-refractivity contribution is 0.0471. The Labute approximate surface area is 162 Å². The van der Waals surface area contributed by atoms with E-state index in [-0.39, 0.29) is 12.5 Å². The van der Waals surface area contributed by atoms with Gasteiger partial charge in [-0.15, -0.1) is 0 Å². The quantitative estimate of drug-likeness (QED) is 0.664. The van der Waals surface area contributed by atoms with Crippen molar-refractivity contribution in [1.82, 2.24) is 9.78 Å². The predicted molar refractivity (Wildman–Crippen MR) is 104 cm³/mol. The maximum atomic E-state index is 12.3. The highest BCUT2D eigenvalue weighted by atomic mass is 16.5. The predicted octanol–water partition coefficient (Wildman–Crippen LogP) is 3.35. The fraction of sp³-hybridized carbons (Fsp3) is 0.190. The van der Waals surface area contributed by atoms with Gasteiger partial charge in [0.15, 0.2) is 0 Å². The van der Waals surface area contributed by atoms with Crippen LogP contribution in [-0.2, 0) is 18.4 Å². The van der Waals surface area contributed by atoms with Crippen LogP contribution in [0.25, 0.3) is 0 Å². The molecular weight excluding hydrogens is 358 g/mol. The number of hydrogen-bond donors (Lipinski definition) is 1. The lowest BCUT2D eigenvalue weighted by atomic mass is 10.1. The molecule has 0 fully saturated rings. The number of benzene rings is 2. The molecule has 0 spiro atoms. The Hall–Kier alpha value is -3.61. The Morgan fingerprint density at radius 3 is 2.32 bits per heavy atom. The van der Waals surface area contributed by atoms with Gasteiger partial charge in [-0.3, -0.25) is 9.48 Å². The van der Waals surface area contributed by atoms with Gasteiger partial charge < -0.3 is 14.8 Å². The van der Waals surface area contributed by atoms with Gasteiger partial charge in [0.25, 0.3) is 5.91 Å². The third-order valence-corrected chi connectivity index (χ3v) is 4.39. The van der Waals surface area contributed by atoms with Crippen molar-refractivity contribution in [2.45, 2.75) is 13.5 Å². The van der Waals surface area contributed by atoms with Crippen LogP contribution in [0.3, 0.4) is 0 Å². The largest absolute Gasteiger partial charge is 0.497 e. The Balaban J connectivity index is 1.57. The van der Waals surface area contributed by atoms with Crippen molar-refractivity contribution in [3.05, 3.63) is 77.1 Å². The first-order chi connectivity index (χ1) is 13.5. The highest BCUT2D eigenvalue weighted by molar-refractivity contribution is 6.04. The summed E-state index contributed by atoms with van der Waals surface area (Å²) in [6.45, 7) is 1.92. The van der Waals surface area contributed by atoms with Crippen molar-refractivity contribution in [2.75, 3.05) is 12.4 Å². The number of anilines is 1. The smallest absolute Gasteiger partial charge is 0.341 e. The molecule has 28 heavy (non-hydrogen) atoms. The average Bonchev–Trinajstić information content (AvgIpc) is 3.05. The van der Waals surface area contributed by atoms with Gasteiger partial charge >= 0.3 is 5.97 Å². The SMILES string of the molecule is COc1ccc(NC(=O)c2ccc(COC(=O)c3cnn(C)c3C)cc2)cc1. The molecule has 0 aliphatic carbocycles. The number of nitrogens with zero attached hydrogens (tertiary/aromatic N) is 2. The number of ether oxygens (including phenoxy) is 2. The molecule has 2 aromatic carbocycles. The van der Waals surface area contributed by atoms with Gasteiger partial charge in [-0.1, -0.05) is 12.1 Å². The fourth-order valence-electron chi connectivity index (χ4n) is 2.56. The van der Waals surface area contributed by atoms with Crippen LogP contribution >= 0.6 is 0 Å². The van der Waals surface area contributed by atoms with E-state index in [0.29, 0.717) is 16.8 Å². The zero-order valence-electron chi connectivity index (χ0n) is 15.9. The summed E-state index contributed by atoms with van der Waals surface area (Å²) < 4.78 is 12.0. The molecule has 144 valence electrons. The maximum absolute atomic E-state index is 12.3. The minimum Gasteiger partial charge on any atom is -0.497 e. The van der Waals surface area contributed by atoms with Crippen LogP contribution < -0.4 is 10.1 Å². The van der Waals surface area contributed by atoms with E-state index in [1.165, 1.54) is 6.20 Å². The van der Waals surface area contributed by atoms with Gasteiger partial charge in [-0.25, -0.2) is 4.79 Å². The van der Waals surface area contributed by atoms with E-state index >= 15 is 0 Å². The van der Waals surface area contributed by atoms with Crippen LogP contribution in [0.15, 0.2) is 54.7 Å². The van der Waals surface area contributed by atoms with Crippen LogP contribution in [0, 0.1) is 6.92 Å². The molecule has 1 aromatic heterocycles.